The van der Waals surface area contributed by atoms with Crippen LogP contribution in [0.25, 0.3) is 0 Å². The Morgan fingerprint density at radius 2 is 1.89 bits per heavy atom. The molecular weight excluding hydrogens is 342 g/mol. The fourth-order valence-corrected chi connectivity index (χ4v) is 3.47. The minimum absolute atomic E-state index is 0.844. The van der Waals surface area contributed by atoms with E-state index in [2.05, 4.69) is 52.4 Å². The van der Waals surface area contributed by atoms with Gasteiger partial charge < -0.3 is 0 Å². The Kier molecular flexibility index (Phi) is 1.92. The summed E-state index contributed by atoms with van der Waals surface area (Å²) in [6, 6.07) is 0.844. The van der Waals surface area contributed by atoms with Crippen molar-refractivity contribution in [2.75, 3.05) is 13.1 Å². The zero-order chi connectivity index (χ0) is 6.43. The highest BCUT2D eigenvalue weighted by molar-refractivity contribution is 14.1. The van der Waals surface area contributed by atoms with Gasteiger partial charge in [-0.25, -0.2) is 3.11 Å². The van der Waals surface area contributed by atoms with E-state index in [0.29, 0.717) is 0 Å². The number of fused-ring (bicyclic) bond motifs is 1. The molecule has 4 heteroatoms. The summed E-state index contributed by atoms with van der Waals surface area (Å²) < 4.78 is 5.69. The summed E-state index contributed by atoms with van der Waals surface area (Å²) in [5.41, 5.74) is 0. The molecule has 0 radical (unpaired) electrons. The molecule has 0 bridgehead atoms. The van der Waals surface area contributed by atoms with Gasteiger partial charge in [0.25, 0.3) is 0 Å². The van der Waals surface area contributed by atoms with E-state index < -0.39 is 0 Å². The van der Waals surface area contributed by atoms with Crippen molar-refractivity contribution in [2.24, 2.45) is 11.8 Å². The quantitative estimate of drug-likeness (QED) is 0.565. The Balaban J connectivity index is 1.91. The van der Waals surface area contributed by atoms with Crippen molar-refractivity contribution in [3.05, 3.63) is 0 Å². The molecule has 2 nitrogen and oxygen atoms in total. The Morgan fingerprint density at radius 3 is 2.33 bits per heavy atom. The van der Waals surface area contributed by atoms with E-state index in [1.807, 2.05) is 0 Å². The minimum atomic E-state index is 0.844. The number of rotatable bonds is 1. The van der Waals surface area contributed by atoms with Gasteiger partial charge in [-0.3, -0.25) is 3.53 Å². The molecule has 1 aliphatic heterocycles. The van der Waals surface area contributed by atoms with Crippen LogP contribution in [-0.2, 0) is 0 Å². The van der Waals surface area contributed by atoms with Crippen molar-refractivity contribution in [2.45, 2.75) is 6.04 Å². The number of piperidine rings is 1. The zero-order valence-electron chi connectivity index (χ0n) is 4.85. The van der Waals surface area contributed by atoms with Crippen LogP contribution in [0.15, 0.2) is 0 Å². The topological polar surface area (TPSA) is 15.3 Å². The third-order valence-corrected chi connectivity index (χ3v) is 3.78. The van der Waals surface area contributed by atoms with E-state index in [9.17, 15) is 0 Å². The van der Waals surface area contributed by atoms with E-state index in [1.54, 1.807) is 0 Å². The Hall–Kier alpha value is 1.38. The maximum Gasteiger partial charge on any atom is 0.0252 e. The second-order valence-corrected chi connectivity index (χ2v) is 4.78. The first kappa shape index (κ1) is 7.05. The molecule has 1 heterocycles. The van der Waals surface area contributed by atoms with Crippen LogP contribution in [0, 0.1) is 11.8 Å². The van der Waals surface area contributed by atoms with Gasteiger partial charge >= 0.3 is 0 Å². The van der Waals surface area contributed by atoms with Gasteiger partial charge in [0.15, 0.2) is 0 Å². The summed E-state index contributed by atoms with van der Waals surface area (Å²) in [7, 11) is 0. The summed E-state index contributed by atoms with van der Waals surface area (Å²) in [5.74, 6) is 1.94. The molecule has 52 valence electrons. The zero-order valence-corrected chi connectivity index (χ0v) is 9.16. The molecule has 0 aromatic heterocycles. The van der Waals surface area contributed by atoms with Crippen LogP contribution in [0.5, 0.6) is 0 Å². The van der Waals surface area contributed by atoms with Crippen LogP contribution in [0.4, 0.5) is 0 Å². The lowest BCUT2D eigenvalue weighted by Crippen LogP contribution is -2.19. The molecule has 1 aliphatic carbocycles. The molecule has 1 saturated carbocycles. The monoisotopic (exact) mass is 350 g/mol. The second-order valence-electron chi connectivity index (χ2n) is 2.79. The highest BCUT2D eigenvalue weighted by Crippen LogP contribution is 2.46. The van der Waals surface area contributed by atoms with Crippen LogP contribution in [0.1, 0.15) is 0 Å². The van der Waals surface area contributed by atoms with Crippen molar-refractivity contribution in [3.8, 4) is 0 Å². The molecule has 0 aromatic rings. The van der Waals surface area contributed by atoms with Crippen molar-refractivity contribution in [3.63, 3.8) is 0 Å². The first-order valence-corrected chi connectivity index (χ1v) is 5.14. The number of nitrogens with one attached hydrogen (secondary N) is 1. The number of halogens is 2. The predicted octanol–water partition coefficient (Wildman–Crippen LogP) is 1.21. The van der Waals surface area contributed by atoms with Crippen molar-refractivity contribution in [1.29, 1.82) is 0 Å². The van der Waals surface area contributed by atoms with Gasteiger partial charge in [-0.2, -0.15) is 0 Å². The number of hydrogen-bond acceptors (Lipinski definition) is 2. The molecule has 0 amide bonds. The molecule has 1 saturated heterocycles. The summed E-state index contributed by atoms with van der Waals surface area (Å²) >= 11 is 4.67. The summed E-state index contributed by atoms with van der Waals surface area (Å²) in [5, 5.41) is 0. The van der Waals surface area contributed by atoms with E-state index >= 15 is 0 Å². The van der Waals surface area contributed by atoms with Gasteiger partial charge in [0.1, 0.15) is 0 Å². The van der Waals surface area contributed by atoms with Gasteiger partial charge in [-0.15, -0.1) is 0 Å². The lowest BCUT2D eigenvalue weighted by atomic mass is 10.4. The van der Waals surface area contributed by atoms with Gasteiger partial charge in [0.2, 0.25) is 0 Å². The van der Waals surface area contributed by atoms with E-state index in [0.717, 1.165) is 17.9 Å². The van der Waals surface area contributed by atoms with Crippen molar-refractivity contribution in [1.82, 2.24) is 6.64 Å². The van der Waals surface area contributed by atoms with Gasteiger partial charge in [-0.05, 0) is 11.8 Å². The summed E-state index contributed by atoms with van der Waals surface area (Å²) in [4.78, 5) is 0. The molecule has 2 unspecified atom stereocenters. The maximum absolute atomic E-state index is 3.30. The Morgan fingerprint density at radius 1 is 1.33 bits per heavy atom. The molecule has 1 N–H and O–H groups in total. The minimum Gasteiger partial charge on any atom is -0.257 e. The van der Waals surface area contributed by atoms with Crippen molar-refractivity contribution < 1.29 is 0 Å². The lowest BCUT2D eigenvalue weighted by Gasteiger charge is -2.08. The highest BCUT2D eigenvalue weighted by Gasteiger charge is 2.54. The molecule has 2 aliphatic rings. The van der Waals surface area contributed by atoms with Crippen LogP contribution in [0.2, 0.25) is 0 Å². The molecule has 2 rings (SSSR count). The standard InChI is InChI=1S/C5H8I2N2/c6-8-5-3-1-9(7)2-4(3)5/h3-5,8H,1-2H2/t3-,4?,5?/m1/s1. The number of hydrogen-bond donors (Lipinski definition) is 1. The fourth-order valence-electron chi connectivity index (χ4n) is 1.64. The van der Waals surface area contributed by atoms with Gasteiger partial charge in [0.05, 0.1) is 0 Å². The van der Waals surface area contributed by atoms with Crippen LogP contribution < -0.4 is 3.53 Å². The molecule has 3 atom stereocenters. The average molecular weight is 350 g/mol. The fraction of sp³-hybridized carbons (Fsp3) is 1.00. The molecule has 9 heavy (non-hydrogen) atoms. The predicted molar refractivity (Wildman–Crippen MR) is 53.5 cm³/mol. The van der Waals surface area contributed by atoms with Gasteiger partial charge in [-0.1, -0.05) is 0 Å². The third kappa shape index (κ3) is 1.12. The van der Waals surface area contributed by atoms with Crippen LogP contribution in [-0.4, -0.2) is 22.2 Å². The second kappa shape index (κ2) is 2.46. The Bertz CT molecular complexity index is 118. The first-order valence-electron chi connectivity index (χ1n) is 3.10. The van der Waals surface area contributed by atoms with Crippen molar-refractivity contribution >= 4 is 45.7 Å². The SMILES string of the molecule is INC1C2CN(I)C[C@H]21. The summed E-state index contributed by atoms with van der Waals surface area (Å²) in [6.45, 7) is 2.60. The van der Waals surface area contributed by atoms with Crippen LogP contribution in [0.3, 0.4) is 0 Å². The average Bonchev–Trinajstić information content (AvgIpc) is 2.30. The number of nitrogens with zero attached hydrogens (tertiary/aromatic N) is 1. The van der Waals surface area contributed by atoms with Crippen LogP contribution >= 0.6 is 45.7 Å². The summed E-state index contributed by atoms with van der Waals surface area (Å²) in [6.07, 6.45) is 0. The third-order valence-electron chi connectivity index (χ3n) is 2.28. The largest absolute Gasteiger partial charge is 0.257 e. The van der Waals surface area contributed by atoms with E-state index in [-0.39, 0.29) is 0 Å². The molecule has 2 fully saturated rings. The molecule has 0 spiro atoms. The lowest BCUT2D eigenvalue weighted by molar-refractivity contribution is 0.527. The van der Waals surface area contributed by atoms with E-state index in [4.69, 9.17) is 0 Å². The van der Waals surface area contributed by atoms with Gasteiger partial charge in [0, 0.05) is 64.9 Å². The van der Waals surface area contributed by atoms with E-state index in [1.165, 1.54) is 13.1 Å². The maximum atomic E-state index is 3.30. The Labute approximate surface area is 82.7 Å². The molecular formula is C5H8I2N2. The molecule has 0 aromatic carbocycles. The highest BCUT2D eigenvalue weighted by atomic mass is 127. The normalized spacial score (nSPS) is 49.3. The smallest absolute Gasteiger partial charge is 0.0252 e. The first-order chi connectivity index (χ1) is 4.33.